The number of β-amino-alcohol motifs (C(OH)–C–C–N with tert-alkyl or cyclic N) is 1. The molecule has 1 aliphatic carbocycles. The molecule has 128 valence electrons. The fraction of sp³-hybridized carbons (Fsp3) is 0.526. The Balaban J connectivity index is 1.38. The van der Waals surface area contributed by atoms with Crippen molar-refractivity contribution in [3.05, 3.63) is 52.9 Å². The van der Waals surface area contributed by atoms with Gasteiger partial charge in [-0.15, -0.1) is 0 Å². The Morgan fingerprint density at radius 1 is 1.25 bits per heavy atom. The van der Waals surface area contributed by atoms with E-state index in [1.165, 1.54) is 11.1 Å². The number of aryl methyl sites for hydroxylation is 1. The Bertz CT molecular complexity index is 671. The van der Waals surface area contributed by atoms with Crippen molar-refractivity contribution in [2.45, 2.75) is 50.9 Å². The van der Waals surface area contributed by atoms with Crippen LogP contribution in [0.2, 0.25) is 0 Å². The molecule has 2 heterocycles. The second-order valence-electron chi connectivity index (χ2n) is 7.01. The van der Waals surface area contributed by atoms with Gasteiger partial charge in [0.05, 0.1) is 6.10 Å². The van der Waals surface area contributed by atoms with Crippen molar-refractivity contribution in [1.82, 2.24) is 15.4 Å². The summed E-state index contributed by atoms with van der Waals surface area (Å²) >= 11 is 0. The van der Waals surface area contributed by atoms with Crippen molar-refractivity contribution in [3.63, 3.8) is 0 Å². The van der Waals surface area contributed by atoms with Crippen LogP contribution >= 0.6 is 0 Å². The molecule has 24 heavy (non-hydrogen) atoms. The van der Waals surface area contributed by atoms with Crippen LogP contribution in [-0.4, -0.2) is 40.4 Å². The highest BCUT2D eigenvalue weighted by Crippen LogP contribution is 2.26. The molecule has 5 heteroatoms. The van der Waals surface area contributed by atoms with Crippen molar-refractivity contribution < 1.29 is 9.63 Å². The summed E-state index contributed by atoms with van der Waals surface area (Å²) in [5, 5.41) is 17.7. The summed E-state index contributed by atoms with van der Waals surface area (Å²) in [6, 6.07) is 11.0. The number of aliphatic hydroxyl groups excluding tert-OH is 1. The van der Waals surface area contributed by atoms with E-state index in [-0.39, 0.29) is 6.10 Å². The van der Waals surface area contributed by atoms with Crippen LogP contribution in [0.4, 0.5) is 0 Å². The lowest BCUT2D eigenvalue weighted by molar-refractivity contribution is 0.173. The molecule has 0 spiro atoms. The van der Waals surface area contributed by atoms with Crippen LogP contribution in [0.1, 0.15) is 35.4 Å². The van der Waals surface area contributed by atoms with Crippen LogP contribution < -0.4 is 5.32 Å². The van der Waals surface area contributed by atoms with Crippen LogP contribution in [0.25, 0.3) is 0 Å². The minimum absolute atomic E-state index is 0.187. The zero-order chi connectivity index (χ0) is 16.4. The number of aromatic nitrogens is 1. The molecular weight excluding hydrogens is 302 g/mol. The maximum atomic E-state index is 9.69. The van der Waals surface area contributed by atoms with E-state index in [2.05, 4.69) is 45.7 Å². The largest absolute Gasteiger partial charge is 0.392 e. The fourth-order valence-electron chi connectivity index (χ4n) is 3.79. The zero-order valence-electron chi connectivity index (χ0n) is 13.9. The molecule has 2 aliphatic rings. The molecule has 1 saturated heterocycles. The molecule has 0 bridgehead atoms. The first-order valence-corrected chi connectivity index (χ1v) is 8.92. The molecule has 1 aromatic heterocycles. The Hall–Kier alpha value is -1.69. The molecule has 0 saturated carbocycles. The Kier molecular flexibility index (Phi) is 4.65. The number of fused-ring (bicyclic) bond motifs is 1. The highest BCUT2D eigenvalue weighted by molar-refractivity contribution is 5.27. The SMILES string of the molecule is O[C@@H]1CCN(Cc2noc3c2CC(NCc2ccccc2)CC3)C1. The third-order valence-electron chi connectivity index (χ3n) is 5.18. The molecule has 2 aromatic rings. The van der Waals surface area contributed by atoms with Gasteiger partial charge in [0.1, 0.15) is 11.5 Å². The van der Waals surface area contributed by atoms with Gasteiger partial charge in [-0.25, -0.2) is 0 Å². The molecule has 0 radical (unpaired) electrons. The van der Waals surface area contributed by atoms with Gasteiger partial charge in [0.25, 0.3) is 0 Å². The molecule has 5 nitrogen and oxygen atoms in total. The van der Waals surface area contributed by atoms with Crippen molar-refractivity contribution in [2.75, 3.05) is 13.1 Å². The van der Waals surface area contributed by atoms with Gasteiger partial charge in [0.15, 0.2) is 0 Å². The third-order valence-corrected chi connectivity index (χ3v) is 5.18. The van der Waals surface area contributed by atoms with E-state index >= 15 is 0 Å². The summed E-state index contributed by atoms with van der Waals surface area (Å²) in [5.41, 5.74) is 3.67. The first kappa shape index (κ1) is 15.8. The quantitative estimate of drug-likeness (QED) is 0.878. The van der Waals surface area contributed by atoms with Gasteiger partial charge in [-0.1, -0.05) is 35.5 Å². The predicted molar refractivity (Wildman–Crippen MR) is 91.5 cm³/mol. The molecule has 0 amide bonds. The first-order valence-electron chi connectivity index (χ1n) is 8.92. The van der Waals surface area contributed by atoms with Gasteiger partial charge < -0.3 is 14.9 Å². The van der Waals surface area contributed by atoms with E-state index < -0.39 is 0 Å². The second-order valence-corrected chi connectivity index (χ2v) is 7.01. The van der Waals surface area contributed by atoms with E-state index in [9.17, 15) is 5.11 Å². The summed E-state index contributed by atoms with van der Waals surface area (Å²) in [6.45, 7) is 3.39. The van der Waals surface area contributed by atoms with Crippen molar-refractivity contribution >= 4 is 0 Å². The highest BCUT2D eigenvalue weighted by Gasteiger charge is 2.28. The number of aliphatic hydroxyl groups is 1. The van der Waals surface area contributed by atoms with Crippen LogP contribution in [-0.2, 0) is 25.9 Å². The van der Waals surface area contributed by atoms with Crippen molar-refractivity contribution in [2.24, 2.45) is 0 Å². The molecule has 2 atom stereocenters. The average Bonchev–Trinajstić information content (AvgIpc) is 3.20. The normalized spacial score (nSPS) is 24.2. The number of likely N-dealkylation sites (tertiary alicyclic amines) is 1. The highest BCUT2D eigenvalue weighted by atomic mass is 16.5. The Labute approximate surface area is 142 Å². The maximum absolute atomic E-state index is 9.69. The van der Waals surface area contributed by atoms with Crippen LogP contribution in [0.15, 0.2) is 34.9 Å². The number of hydrogen-bond acceptors (Lipinski definition) is 5. The molecule has 1 aromatic carbocycles. The summed E-state index contributed by atoms with van der Waals surface area (Å²) in [6.07, 6.45) is 3.71. The van der Waals surface area contributed by atoms with Gasteiger partial charge in [0, 0.05) is 44.2 Å². The minimum Gasteiger partial charge on any atom is -0.392 e. The topological polar surface area (TPSA) is 61.5 Å². The van der Waals surface area contributed by atoms with Crippen LogP contribution in [0.3, 0.4) is 0 Å². The van der Waals surface area contributed by atoms with Crippen molar-refractivity contribution in [3.8, 4) is 0 Å². The smallest absolute Gasteiger partial charge is 0.140 e. The standard InChI is InChI=1S/C19H25N3O2/c23-16-8-9-22(12-16)13-18-17-10-15(6-7-19(17)24-21-18)20-11-14-4-2-1-3-5-14/h1-5,15-16,20,23H,6-13H2/t15?,16-/m1/s1. The second kappa shape index (κ2) is 7.05. The molecule has 1 unspecified atom stereocenters. The van der Waals surface area contributed by atoms with Crippen LogP contribution in [0.5, 0.6) is 0 Å². The van der Waals surface area contributed by atoms with Gasteiger partial charge in [-0.3, -0.25) is 4.90 Å². The van der Waals surface area contributed by atoms with Gasteiger partial charge in [-0.2, -0.15) is 0 Å². The summed E-state index contributed by atoms with van der Waals surface area (Å²) < 4.78 is 5.57. The lowest BCUT2D eigenvalue weighted by atomic mass is 9.91. The summed E-state index contributed by atoms with van der Waals surface area (Å²) in [5.74, 6) is 1.06. The average molecular weight is 327 g/mol. The van der Waals surface area contributed by atoms with E-state index in [0.717, 1.165) is 63.3 Å². The number of rotatable bonds is 5. The third kappa shape index (κ3) is 3.53. The lowest BCUT2D eigenvalue weighted by Gasteiger charge is -2.23. The number of nitrogens with one attached hydrogen (secondary N) is 1. The molecule has 2 N–H and O–H groups in total. The predicted octanol–water partition coefficient (Wildman–Crippen LogP) is 1.89. The van der Waals surface area contributed by atoms with E-state index in [4.69, 9.17) is 4.52 Å². The molecule has 1 fully saturated rings. The van der Waals surface area contributed by atoms with Gasteiger partial charge in [-0.05, 0) is 24.8 Å². The Morgan fingerprint density at radius 2 is 2.12 bits per heavy atom. The number of hydrogen-bond donors (Lipinski definition) is 2. The zero-order valence-corrected chi connectivity index (χ0v) is 13.9. The molecule has 1 aliphatic heterocycles. The van der Waals surface area contributed by atoms with Crippen LogP contribution in [0, 0.1) is 0 Å². The van der Waals surface area contributed by atoms with Crippen molar-refractivity contribution in [1.29, 1.82) is 0 Å². The van der Waals surface area contributed by atoms with E-state index in [0.29, 0.717) is 6.04 Å². The lowest BCUT2D eigenvalue weighted by Crippen LogP contribution is -2.34. The summed E-state index contributed by atoms with van der Waals surface area (Å²) in [4.78, 5) is 2.27. The van der Waals surface area contributed by atoms with Gasteiger partial charge in [0.2, 0.25) is 0 Å². The minimum atomic E-state index is -0.187. The Morgan fingerprint density at radius 3 is 2.92 bits per heavy atom. The number of nitrogens with zero attached hydrogens (tertiary/aromatic N) is 2. The fourth-order valence-corrected chi connectivity index (χ4v) is 3.79. The molecular formula is C19H25N3O2. The van der Waals surface area contributed by atoms with E-state index in [1.54, 1.807) is 0 Å². The van der Waals surface area contributed by atoms with Gasteiger partial charge >= 0.3 is 0 Å². The molecule has 4 rings (SSSR count). The number of benzene rings is 1. The monoisotopic (exact) mass is 327 g/mol. The summed E-state index contributed by atoms with van der Waals surface area (Å²) in [7, 11) is 0. The van der Waals surface area contributed by atoms with E-state index in [1.807, 2.05) is 0 Å². The first-order chi connectivity index (χ1) is 11.8. The maximum Gasteiger partial charge on any atom is 0.140 e.